The summed E-state index contributed by atoms with van der Waals surface area (Å²) in [6, 6.07) is 13.6. The van der Waals surface area contributed by atoms with Crippen molar-refractivity contribution in [3.05, 3.63) is 48.5 Å². The highest BCUT2D eigenvalue weighted by Gasteiger charge is 2.02. The monoisotopic (exact) mass is 292 g/mol. The molecular weight excluding hydrogens is 280 g/mol. The maximum absolute atomic E-state index is 10.6. The molecule has 2 rings (SSSR count). The van der Waals surface area contributed by atoms with Crippen LogP contribution in [-0.2, 0) is 10.9 Å². The van der Waals surface area contributed by atoms with Crippen LogP contribution in [0.15, 0.2) is 48.5 Å². The predicted molar refractivity (Wildman–Crippen MR) is 76.0 cm³/mol. The van der Waals surface area contributed by atoms with Gasteiger partial charge in [-0.3, -0.25) is 4.72 Å². The fourth-order valence-corrected chi connectivity index (χ4v) is 2.06. The van der Waals surface area contributed by atoms with Crippen molar-refractivity contribution in [3.8, 4) is 16.9 Å². The predicted octanol–water partition coefficient (Wildman–Crippen LogP) is 1.75. The van der Waals surface area contributed by atoms with Crippen LogP contribution < -0.4 is 15.2 Å². The van der Waals surface area contributed by atoms with Crippen LogP contribution in [0, 0.1) is 0 Å². The molecule has 2 aromatic rings. The number of hydrogen-bond donors (Lipinski definition) is 3. The van der Waals surface area contributed by atoms with Gasteiger partial charge < -0.3 is 10.5 Å². The van der Waals surface area contributed by atoms with Gasteiger partial charge in [0.05, 0.1) is 0 Å². The third kappa shape index (κ3) is 3.72. The minimum Gasteiger partial charge on any atom is -0.411 e. The minimum absolute atomic E-state index is 0.346. The summed E-state index contributed by atoms with van der Waals surface area (Å²) in [4.78, 5) is 10.6. The first kappa shape index (κ1) is 13.9. The van der Waals surface area contributed by atoms with Gasteiger partial charge in [0.1, 0.15) is 5.75 Å². The lowest BCUT2D eigenvalue weighted by atomic mass is 10.1. The molecule has 0 bridgehead atoms. The second-order valence-corrected chi connectivity index (χ2v) is 4.63. The molecule has 0 spiro atoms. The molecule has 0 aromatic heterocycles. The second-order valence-electron chi connectivity index (χ2n) is 3.90. The van der Waals surface area contributed by atoms with Crippen LogP contribution in [0.1, 0.15) is 0 Å². The van der Waals surface area contributed by atoms with Gasteiger partial charge in [-0.05, 0) is 35.4 Å². The first-order valence-electron chi connectivity index (χ1n) is 5.63. The lowest BCUT2D eigenvalue weighted by Gasteiger charge is -2.06. The summed E-state index contributed by atoms with van der Waals surface area (Å²) < 4.78 is 28.3. The molecule has 0 aliphatic heterocycles. The number of carbonyl (C=O) groups excluding carboxylic acids is 1. The number of nitrogens with one attached hydrogen (secondary N) is 1. The number of amides is 1. The molecule has 0 saturated carbocycles. The molecule has 7 heteroatoms. The lowest BCUT2D eigenvalue weighted by Crippen LogP contribution is -2.16. The molecule has 0 radical (unpaired) electrons. The van der Waals surface area contributed by atoms with Gasteiger partial charge in [-0.15, -0.1) is 0 Å². The number of ether oxygens (including phenoxy) is 1. The van der Waals surface area contributed by atoms with Gasteiger partial charge in [0.2, 0.25) is 10.9 Å². The third-order valence-corrected chi connectivity index (χ3v) is 2.93. The van der Waals surface area contributed by atoms with E-state index in [0.29, 0.717) is 11.4 Å². The molecule has 0 unspecified atom stereocenters. The summed E-state index contributed by atoms with van der Waals surface area (Å²) in [5, 5.41) is 0. The molecule has 6 nitrogen and oxygen atoms in total. The minimum atomic E-state index is -2.69. The number of rotatable bonds is 4. The van der Waals surface area contributed by atoms with Crippen molar-refractivity contribution in [3.63, 3.8) is 0 Å². The quantitative estimate of drug-likeness (QED) is 0.748. The maximum atomic E-state index is 10.6. The molecule has 0 aliphatic rings. The van der Waals surface area contributed by atoms with Crippen molar-refractivity contribution in [2.45, 2.75) is 0 Å². The standard InChI is InChI=1S/C13H12N2O4S/c14-13(16)19-12-6-4-9(5-7-12)10-2-1-3-11(8-10)15-20(17)18/h1-8,20H,(H2,14,16)(H,15,17,18). The van der Waals surface area contributed by atoms with Crippen LogP contribution >= 0.6 is 0 Å². The summed E-state index contributed by atoms with van der Waals surface area (Å²) in [5.74, 6) is 0.346. The number of thiol groups is 1. The van der Waals surface area contributed by atoms with E-state index in [0.717, 1.165) is 11.1 Å². The summed E-state index contributed by atoms with van der Waals surface area (Å²) in [5.41, 5.74) is 7.08. The highest BCUT2D eigenvalue weighted by atomic mass is 32.2. The molecule has 0 heterocycles. The summed E-state index contributed by atoms with van der Waals surface area (Å²) in [6.07, 6.45) is -0.872. The zero-order chi connectivity index (χ0) is 14.5. The first-order valence-corrected chi connectivity index (χ1v) is 6.81. The van der Waals surface area contributed by atoms with E-state index in [1.807, 2.05) is 6.07 Å². The number of anilines is 1. The summed E-state index contributed by atoms with van der Waals surface area (Å²) in [7, 11) is -2.69. The van der Waals surface area contributed by atoms with Gasteiger partial charge in [-0.25, -0.2) is 13.2 Å². The smallest absolute Gasteiger partial charge is 0.409 e. The van der Waals surface area contributed by atoms with Gasteiger partial charge in [-0.1, -0.05) is 24.3 Å². The Kier molecular flexibility index (Phi) is 4.21. The lowest BCUT2D eigenvalue weighted by molar-refractivity contribution is 0.211. The van der Waals surface area contributed by atoms with Crippen molar-refractivity contribution >= 4 is 22.7 Å². The van der Waals surface area contributed by atoms with E-state index in [1.54, 1.807) is 42.5 Å². The molecule has 2 aromatic carbocycles. The Hall–Kier alpha value is -2.54. The highest BCUT2D eigenvalue weighted by molar-refractivity contribution is 7.73. The third-order valence-electron chi connectivity index (χ3n) is 2.49. The Morgan fingerprint density at radius 1 is 1.05 bits per heavy atom. The van der Waals surface area contributed by atoms with E-state index in [1.165, 1.54) is 0 Å². The van der Waals surface area contributed by atoms with Crippen LogP contribution in [0.3, 0.4) is 0 Å². The molecule has 0 saturated heterocycles. The molecule has 1 amide bonds. The summed E-state index contributed by atoms with van der Waals surface area (Å²) in [6.45, 7) is 0. The van der Waals surface area contributed by atoms with E-state index >= 15 is 0 Å². The number of benzene rings is 2. The topological polar surface area (TPSA) is 98.5 Å². The van der Waals surface area contributed by atoms with Gasteiger partial charge in [0.25, 0.3) is 0 Å². The van der Waals surface area contributed by atoms with Crippen LogP contribution in [0.25, 0.3) is 11.1 Å². The van der Waals surface area contributed by atoms with Gasteiger partial charge >= 0.3 is 6.09 Å². The zero-order valence-electron chi connectivity index (χ0n) is 10.3. The van der Waals surface area contributed by atoms with E-state index in [9.17, 15) is 13.2 Å². The van der Waals surface area contributed by atoms with Crippen LogP contribution in [-0.4, -0.2) is 14.5 Å². The Morgan fingerprint density at radius 3 is 2.35 bits per heavy atom. The second kappa shape index (κ2) is 6.07. The molecular formula is C13H12N2O4S. The molecule has 0 aliphatic carbocycles. The van der Waals surface area contributed by atoms with E-state index in [2.05, 4.69) is 4.72 Å². The Bertz CT molecular complexity index is 688. The zero-order valence-corrected chi connectivity index (χ0v) is 11.2. The number of nitrogens with two attached hydrogens (primary N) is 1. The highest BCUT2D eigenvalue weighted by Crippen LogP contribution is 2.24. The Morgan fingerprint density at radius 2 is 1.75 bits per heavy atom. The SMILES string of the molecule is NC(=O)Oc1ccc(-c2cccc(N[SH](=O)=O)c2)cc1. The van der Waals surface area contributed by atoms with Crippen molar-refractivity contribution in [2.24, 2.45) is 5.73 Å². The van der Waals surface area contributed by atoms with Crippen molar-refractivity contribution in [1.29, 1.82) is 0 Å². The summed E-state index contributed by atoms with van der Waals surface area (Å²) >= 11 is 0. The van der Waals surface area contributed by atoms with E-state index in [4.69, 9.17) is 10.5 Å². The van der Waals surface area contributed by atoms with Crippen molar-refractivity contribution in [1.82, 2.24) is 0 Å². The fraction of sp³-hybridized carbons (Fsp3) is 0. The number of primary amides is 1. The first-order chi connectivity index (χ1) is 9.54. The Labute approximate surface area is 117 Å². The molecule has 20 heavy (non-hydrogen) atoms. The number of hydrogen-bond acceptors (Lipinski definition) is 4. The van der Waals surface area contributed by atoms with Crippen molar-refractivity contribution < 1.29 is 17.9 Å². The maximum Gasteiger partial charge on any atom is 0.409 e. The van der Waals surface area contributed by atoms with E-state index in [-0.39, 0.29) is 0 Å². The fourth-order valence-electron chi connectivity index (χ4n) is 1.71. The average Bonchev–Trinajstić information content (AvgIpc) is 2.38. The number of carbonyl (C=O) groups is 1. The normalized spacial score (nSPS) is 10.2. The molecule has 104 valence electrons. The van der Waals surface area contributed by atoms with E-state index < -0.39 is 17.0 Å². The van der Waals surface area contributed by atoms with Crippen LogP contribution in [0.2, 0.25) is 0 Å². The van der Waals surface area contributed by atoms with Crippen LogP contribution in [0.5, 0.6) is 5.75 Å². The molecule has 3 N–H and O–H groups in total. The average molecular weight is 292 g/mol. The molecule has 0 fully saturated rings. The van der Waals surface area contributed by atoms with Gasteiger partial charge in [-0.2, -0.15) is 0 Å². The largest absolute Gasteiger partial charge is 0.411 e. The molecule has 0 atom stereocenters. The van der Waals surface area contributed by atoms with Crippen LogP contribution in [0.4, 0.5) is 10.5 Å². The Balaban J connectivity index is 2.25. The van der Waals surface area contributed by atoms with Gasteiger partial charge in [0, 0.05) is 5.69 Å². The van der Waals surface area contributed by atoms with Gasteiger partial charge in [0.15, 0.2) is 0 Å². The van der Waals surface area contributed by atoms with Crippen molar-refractivity contribution in [2.75, 3.05) is 4.72 Å².